The third kappa shape index (κ3) is 5.28. The van der Waals surface area contributed by atoms with Crippen molar-refractivity contribution in [1.82, 2.24) is 4.98 Å². The fourth-order valence-electron chi connectivity index (χ4n) is 3.38. The highest BCUT2D eigenvalue weighted by atomic mass is 32.1. The first-order valence-electron chi connectivity index (χ1n) is 10.4. The Bertz CT molecular complexity index is 1490. The van der Waals surface area contributed by atoms with E-state index in [1.54, 1.807) is 18.2 Å². The highest BCUT2D eigenvalue weighted by Crippen LogP contribution is 2.31. The van der Waals surface area contributed by atoms with Gasteiger partial charge in [0.2, 0.25) is 0 Å². The second kappa shape index (κ2) is 10.2. The number of nitro groups is 2. The molecule has 0 saturated carbocycles. The Morgan fingerprint density at radius 3 is 1.86 bits per heavy atom. The zero-order chi connectivity index (χ0) is 26.7. The van der Waals surface area contributed by atoms with Crippen LogP contribution >= 0.6 is 11.3 Å². The Hall–Kier alpha value is -5.11. The first-order chi connectivity index (χ1) is 17.7. The molecule has 14 heteroatoms. The first kappa shape index (κ1) is 25.0. The van der Waals surface area contributed by atoms with Crippen molar-refractivity contribution in [2.45, 2.75) is 0 Å². The number of hydrogen-bond acceptors (Lipinski definition) is 10. The molecule has 0 atom stereocenters. The molecule has 1 aromatic heterocycles. The molecule has 0 fully saturated rings. The van der Waals surface area contributed by atoms with Crippen LogP contribution in [0.4, 0.5) is 22.2 Å². The van der Waals surface area contributed by atoms with Gasteiger partial charge < -0.3 is 14.8 Å². The van der Waals surface area contributed by atoms with Gasteiger partial charge in [-0.25, -0.2) is 4.98 Å². The van der Waals surface area contributed by atoms with E-state index in [4.69, 9.17) is 9.47 Å². The molecule has 0 unspecified atom stereocenters. The molecule has 4 rings (SSSR count). The average molecular weight is 523 g/mol. The minimum absolute atomic E-state index is 0.0281. The number of nitrogens with zero attached hydrogens (tertiary/aromatic N) is 3. The third-order valence-electron chi connectivity index (χ3n) is 5.14. The molecular weight excluding hydrogens is 506 g/mol. The summed E-state index contributed by atoms with van der Waals surface area (Å²) in [4.78, 5) is 50.8. The van der Waals surface area contributed by atoms with Crippen LogP contribution in [0.15, 0.2) is 54.6 Å². The quantitative estimate of drug-likeness (QED) is 0.246. The molecule has 3 aromatic carbocycles. The van der Waals surface area contributed by atoms with Crippen LogP contribution in [0.3, 0.4) is 0 Å². The van der Waals surface area contributed by atoms with E-state index in [2.05, 4.69) is 15.6 Å². The van der Waals surface area contributed by atoms with E-state index in [0.717, 1.165) is 23.5 Å². The number of nitrogens with one attached hydrogen (secondary N) is 2. The van der Waals surface area contributed by atoms with Crippen LogP contribution in [-0.2, 0) is 0 Å². The summed E-state index contributed by atoms with van der Waals surface area (Å²) >= 11 is 1.13. The molecule has 4 aromatic rings. The van der Waals surface area contributed by atoms with Crippen LogP contribution in [0.5, 0.6) is 11.5 Å². The molecule has 0 aliphatic carbocycles. The van der Waals surface area contributed by atoms with Crippen molar-refractivity contribution in [1.29, 1.82) is 0 Å². The van der Waals surface area contributed by atoms with Crippen molar-refractivity contribution in [3.05, 3.63) is 86.0 Å². The van der Waals surface area contributed by atoms with Gasteiger partial charge in [0.15, 0.2) is 16.6 Å². The molecule has 2 N–H and O–H groups in total. The van der Waals surface area contributed by atoms with Crippen molar-refractivity contribution in [3.63, 3.8) is 0 Å². The Morgan fingerprint density at radius 1 is 0.811 bits per heavy atom. The number of aromatic nitrogens is 1. The summed E-state index contributed by atoms with van der Waals surface area (Å²) in [5.74, 6) is -1.10. The highest BCUT2D eigenvalue weighted by molar-refractivity contribution is 7.22. The lowest BCUT2D eigenvalue weighted by atomic mass is 10.1. The number of carbonyl (C=O) groups is 2. The molecular formula is C23H17N5O8S. The average Bonchev–Trinajstić information content (AvgIpc) is 3.29. The second-order valence-electron chi connectivity index (χ2n) is 7.40. The molecule has 1 heterocycles. The summed E-state index contributed by atoms with van der Waals surface area (Å²) in [5, 5.41) is 28.0. The molecule has 2 amide bonds. The zero-order valence-corrected chi connectivity index (χ0v) is 20.0. The van der Waals surface area contributed by atoms with Gasteiger partial charge in [0, 0.05) is 28.9 Å². The molecule has 188 valence electrons. The number of nitro benzene ring substituents is 2. The number of thiazole rings is 1. The lowest BCUT2D eigenvalue weighted by molar-refractivity contribution is -0.385. The number of anilines is 2. The van der Waals surface area contributed by atoms with Crippen molar-refractivity contribution in [3.8, 4) is 11.5 Å². The molecule has 0 aliphatic heterocycles. The standard InChI is InChI=1S/C23H17N5O8S/c1-35-18-7-3-12(9-16(18)27(31)32)21(29)24-14-5-6-15-20(11-14)37-23(25-15)26-22(30)13-4-8-19(36-2)17(10-13)28(33)34/h3-11H,1-2H3,(H,24,29)(H,25,26,30). The van der Waals surface area contributed by atoms with Gasteiger partial charge in [-0.15, -0.1) is 0 Å². The van der Waals surface area contributed by atoms with E-state index < -0.39 is 21.7 Å². The van der Waals surface area contributed by atoms with E-state index in [1.165, 1.54) is 38.5 Å². The Labute approximate surface area is 212 Å². The zero-order valence-electron chi connectivity index (χ0n) is 19.2. The lowest BCUT2D eigenvalue weighted by Gasteiger charge is -2.07. The smallest absolute Gasteiger partial charge is 0.311 e. The van der Waals surface area contributed by atoms with Crippen LogP contribution in [0, 0.1) is 20.2 Å². The number of carbonyl (C=O) groups excluding carboxylic acids is 2. The second-order valence-corrected chi connectivity index (χ2v) is 8.43. The van der Waals surface area contributed by atoms with Crippen molar-refractivity contribution < 1.29 is 28.9 Å². The fourth-order valence-corrected chi connectivity index (χ4v) is 4.28. The Kier molecular flexibility index (Phi) is 6.92. The fraction of sp³-hybridized carbons (Fsp3) is 0.0870. The van der Waals surface area contributed by atoms with Gasteiger partial charge in [0.05, 0.1) is 34.3 Å². The SMILES string of the molecule is COc1ccc(C(=O)Nc2ccc3nc(NC(=O)c4ccc(OC)c([N+](=O)[O-])c4)sc3c2)cc1[N+](=O)[O-]. The number of rotatable bonds is 8. The maximum absolute atomic E-state index is 12.7. The summed E-state index contributed by atoms with van der Waals surface area (Å²) in [6, 6.07) is 12.6. The first-order valence-corrected chi connectivity index (χ1v) is 11.2. The van der Waals surface area contributed by atoms with Gasteiger partial charge in [-0.2, -0.15) is 0 Å². The maximum Gasteiger partial charge on any atom is 0.311 e. The van der Waals surface area contributed by atoms with Gasteiger partial charge >= 0.3 is 11.4 Å². The molecule has 0 spiro atoms. The topological polar surface area (TPSA) is 176 Å². The number of amides is 2. The van der Waals surface area contributed by atoms with Crippen LogP contribution in [0.1, 0.15) is 20.7 Å². The van der Waals surface area contributed by atoms with Crippen molar-refractivity contribution in [2.24, 2.45) is 0 Å². The molecule has 37 heavy (non-hydrogen) atoms. The maximum atomic E-state index is 12.7. The summed E-state index contributed by atoms with van der Waals surface area (Å²) in [6.07, 6.45) is 0. The number of ether oxygens (including phenoxy) is 2. The summed E-state index contributed by atoms with van der Waals surface area (Å²) in [6.45, 7) is 0. The molecule has 0 radical (unpaired) electrons. The number of fused-ring (bicyclic) bond motifs is 1. The van der Waals surface area contributed by atoms with Crippen LogP contribution < -0.4 is 20.1 Å². The van der Waals surface area contributed by atoms with Crippen molar-refractivity contribution >= 4 is 55.6 Å². The molecule has 0 bridgehead atoms. The normalized spacial score (nSPS) is 10.5. The molecule has 0 saturated heterocycles. The van der Waals surface area contributed by atoms with Gasteiger partial charge in [0.1, 0.15) is 0 Å². The minimum Gasteiger partial charge on any atom is -0.490 e. The van der Waals surface area contributed by atoms with Crippen LogP contribution in [0.25, 0.3) is 10.2 Å². The van der Waals surface area contributed by atoms with E-state index in [1.807, 2.05) is 0 Å². The van der Waals surface area contributed by atoms with Crippen LogP contribution in [0.2, 0.25) is 0 Å². The van der Waals surface area contributed by atoms with E-state index >= 15 is 0 Å². The largest absolute Gasteiger partial charge is 0.490 e. The van der Waals surface area contributed by atoms with Crippen LogP contribution in [-0.4, -0.2) is 40.9 Å². The van der Waals surface area contributed by atoms with E-state index in [9.17, 15) is 29.8 Å². The van der Waals surface area contributed by atoms with Gasteiger partial charge in [-0.3, -0.25) is 35.1 Å². The molecule has 13 nitrogen and oxygen atoms in total. The van der Waals surface area contributed by atoms with E-state index in [-0.39, 0.29) is 39.1 Å². The predicted octanol–water partition coefficient (Wildman–Crippen LogP) is 4.63. The predicted molar refractivity (Wildman–Crippen MR) is 135 cm³/mol. The minimum atomic E-state index is -0.646. The number of benzene rings is 3. The lowest BCUT2D eigenvalue weighted by Crippen LogP contribution is -2.12. The summed E-state index contributed by atoms with van der Waals surface area (Å²) in [7, 11) is 2.59. The van der Waals surface area contributed by atoms with Gasteiger partial charge in [0.25, 0.3) is 11.8 Å². The van der Waals surface area contributed by atoms with Crippen molar-refractivity contribution in [2.75, 3.05) is 24.9 Å². The monoisotopic (exact) mass is 523 g/mol. The third-order valence-corrected chi connectivity index (χ3v) is 6.08. The Morgan fingerprint density at radius 2 is 1.35 bits per heavy atom. The number of hydrogen-bond donors (Lipinski definition) is 2. The Balaban J connectivity index is 1.52. The van der Waals surface area contributed by atoms with E-state index in [0.29, 0.717) is 15.9 Å². The van der Waals surface area contributed by atoms with Gasteiger partial charge in [-0.05, 0) is 42.5 Å². The molecule has 0 aliphatic rings. The summed E-state index contributed by atoms with van der Waals surface area (Å²) < 4.78 is 10.5. The highest BCUT2D eigenvalue weighted by Gasteiger charge is 2.20. The summed E-state index contributed by atoms with van der Waals surface area (Å²) in [5.41, 5.74) is 0.381. The number of methoxy groups -OCH3 is 2. The van der Waals surface area contributed by atoms with Gasteiger partial charge in [-0.1, -0.05) is 11.3 Å².